The fourth-order valence-electron chi connectivity index (χ4n) is 3.29. The average molecular weight is 525 g/mol. The van der Waals surface area contributed by atoms with Gasteiger partial charge in [-0.3, -0.25) is 0 Å². The number of aliphatic hydroxyl groups excluding tert-OH is 2. The Morgan fingerprint density at radius 1 is 0.605 bits per heavy atom. The van der Waals surface area contributed by atoms with Gasteiger partial charge in [-0.05, 0) is 65.7 Å². The minimum absolute atomic E-state index is 0.125. The standard InChI is InChI=1S/C28H28O10/c1-3-23(29)14-36-26(32)17-4-6-18(7-5-17)27(33)37-15-24(30)16-38-28(34)22-11-9-19-12-21(25(31)35-2)10-8-20(19)13-22/h4-13,23-24,29-30H,3,14-16H2,1-2H3. The van der Waals surface area contributed by atoms with Gasteiger partial charge in [-0.25, -0.2) is 19.2 Å². The van der Waals surface area contributed by atoms with Gasteiger partial charge in [0.2, 0.25) is 0 Å². The van der Waals surface area contributed by atoms with Crippen molar-refractivity contribution in [2.75, 3.05) is 26.9 Å². The molecule has 0 saturated heterocycles. The number of methoxy groups -OCH3 is 1. The maximum atomic E-state index is 12.4. The fraction of sp³-hybridized carbons (Fsp3) is 0.286. The molecule has 3 rings (SSSR count). The summed E-state index contributed by atoms with van der Waals surface area (Å²) in [4.78, 5) is 48.3. The molecule has 0 aromatic heterocycles. The van der Waals surface area contributed by atoms with E-state index in [1.807, 2.05) is 0 Å². The molecule has 2 unspecified atom stereocenters. The molecule has 0 spiro atoms. The zero-order valence-electron chi connectivity index (χ0n) is 20.9. The highest BCUT2D eigenvalue weighted by atomic mass is 16.6. The van der Waals surface area contributed by atoms with Gasteiger partial charge in [0.1, 0.15) is 25.9 Å². The van der Waals surface area contributed by atoms with Crippen LogP contribution >= 0.6 is 0 Å². The first-order valence-electron chi connectivity index (χ1n) is 11.8. The van der Waals surface area contributed by atoms with Crippen LogP contribution < -0.4 is 0 Å². The highest BCUT2D eigenvalue weighted by Gasteiger charge is 2.16. The summed E-state index contributed by atoms with van der Waals surface area (Å²) in [5.41, 5.74) is 0.977. The molecule has 0 aliphatic carbocycles. The number of carbonyl (C=O) groups excluding carboxylic acids is 4. The minimum Gasteiger partial charge on any atom is -0.465 e. The summed E-state index contributed by atoms with van der Waals surface area (Å²) in [6, 6.07) is 15.2. The van der Waals surface area contributed by atoms with E-state index in [0.29, 0.717) is 17.4 Å². The number of fused-ring (bicyclic) bond motifs is 1. The first-order chi connectivity index (χ1) is 18.2. The quantitative estimate of drug-likeness (QED) is 0.284. The second-order valence-corrected chi connectivity index (χ2v) is 8.36. The smallest absolute Gasteiger partial charge is 0.338 e. The molecule has 0 fully saturated rings. The molecule has 0 radical (unpaired) electrons. The molecule has 0 amide bonds. The van der Waals surface area contributed by atoms with E-state index in [0.717, 1.165) is 5.39 Å². The predicted molar refractivity (Wildman–Crippen MR) is 135 cm³/mol. The molecule has 0 aliphatic rings. The summed E-state index contributed by atoms with van der Waals surface area (Å²) in [6.07, 6.45) is -1.55. The van der Waals surface area contributed by atoms with Crippen molar-refractivity contribution in [3.05, 3.63) is 82.9 Å². The van der Waals surface area contributed by atoms with Gasteiger partial charge in [0.05, 0.1) is 35.5 Å². The molecule has 2 atom stereocenters. The largest absolute Gasteiger partial charge is 0.465 e. The average Bonchev–Trinajstić information content (AvgIpc) is 2.96. The summed E-state index contributed by atoms with van der Waals surface area (Å²) in [5.74, 6) is -2.51. The maximum absolute atomic E-state index is 12.4. The van der Waals surface area contributed by atoms with Crippen LogP contribution in [0, 0.1) is 0 Å². The number of aliphatic hydroxyl groups is 2. The number of hydrogen-bond donors (Lipinski definition) is 2. The number of hydrogen-bond acceptors (Lipinski definition) is 10. The van der Waals surface area contributed by atoms with E-state index in [4.69, 9.17) is 18.9 Å². The van der Waals surface area contributed by atoms with E-state index in [1.165, 1.54) is 37.4 Å². The van der Waals surface area contributed by atoms with Crippen molar-refractivity contribution < 1.29 is 48.3 Å². The molecule has 38 heavy (non-hydrogen) atoms. The molecule has 0 heterocycles. The molecule has 2 N–H and O–H groups in total. The highest BCUT2D eigenvalue weighted by Crippen LogP contribution is 2.19. The number of ether oxygens (including phenoxy) is 4. The Morgan fingerprint density at radius 3 is 1.39 bits per heavy atom. The van der Waals surface area contributed by atoms with Crippen molar-refractivity contribution in [1.82, 2.24) is 0 Å². The van der Waals surface area contributed by atoms with Gasteiger partial charge < -0.3 is 29.2 Å². The molecule has 3 aromatic carbocycles. The summed E-state index contributed by atoms with van der Waals surface area (Å²) in [7, 11) is 1.29. The molecule has 10 nitrogen and oxygen atoms in total. The second kappa shape index (κ2) is 13.3. The third kappa shape index (κ3) is 7.61. The molecule has 200 valence electrons. The summed E-state index contributed by atoms with van der Waals surface area (Å²) in [5, 5.41) is 21.0. The van der Waals surface area contributed by atoms with E-state index < -0.39 is 49.3 Å². The molecule has 0 saturated carbocycles. The van der Waals surface area contributed by atoms with Gasteiger partial charge in [0, 0.05) is 0 Å². The van der Waals surface area contributed by atoms with Crippen LogP contribution in [0.5, 0.6) is 0 Å². The van der Waals surface area contributed by atoms with Gasteiger partial charge in [-0.2, -0.15) is 0 Å². The topological polar surface area (TPSA) is 146 Å². The van der Waals surface area contributed by atoms with Crippen molar-refractivity contribution in [3.63, 3.8) is 0 Å². The summed E-state index contributed by atoms with van der Waals surface area (Å²) in [6.45, 7) is 0.814. The summed E-state index contributed by atoms with van der Waals surface area (Å²) < 4.78 is 19.9. The highest BCUT2D eigenvalue weighted by molar-refractivity contribution is 5.99. The zero-order chi connectivity index (χ0) is 27.7. The van der Waals surface area contributed by atoms with Crippen LogP contribution in [0.1, 0.15) is 54.8 Å². The number of benzene rings is 3. The lowest BCUT2D eigenvalue weighted by Crippen LogP contribution is -2.25. The zero-order valence-corrected chi connectivity index (χ0v) is 20.9. The monoisotopic (exact) mass is 524 g/mol. The van der Waals surface area contributed by atoms with Gasteiger partial charge >= 0.3 is 23.9 Å². The first kappa shape index (κ1) is 28.3. The van der Waals surface area contributed by atoms with Crippen LogP contribution in [0.2, 0.25) is 0 Å². The first-order valence-corrected chi connectivity index (χ1v) is 11.8. The molecule has 10 heteroatoms. The lowest BCUT2D eigenvalue weighted by molar-refractivity contribution is -0.00472. The molecular formula is C28H28O10. The molecule has 0 bridgehead atoms. The lowest BCUT2D eigenvalue weighted by Gasteiger charge is -2.13. The van der Waals surface area contributed by atoms with E-state index in [-0.39, 0.29) is 23.3 Å². The predicted octanol–water partition coefficient (Wildman–Crippen LogP) is 2.93. The maximum Gasteiger partial charge on any atom is 0.338 e. The van der Waals surface area contributed by atoms with Crippen molar-refractivity contribution >= 4 is 34.6 Å². The lowest BCUT2D eigenvalue weighted by atomic mass is 10.0. The Morgan fingerprint density at radius 2 is 0.974 bits per heavy atom. The summed E-state index contributed by atoms with van der Waals surface area (Å²) >= 11 is 0. The third-order valence-electron chi connectivity index (χ3n) is 5.55. The minimum atomic E-state index is -1.26. The second-order valence-electron chi connectivity index (χ2n) is 8.36. The van der Waals surface area contributed by atoms with Crippen molar-refractivity contribution in [2.45, 2.75) is 25.6 Å². The van der Waals surface area contributed by atoms with Gasteiger partial charge in [-0.1, -0.05) is 19.1 Å². The molecular weight excluding hydrogens is 496 g/mol. The van der Waals surface area contributed by atoms with Crippen LogP contribution in [-0.2, 0) is 18.9 Å². The van der Waals surface area contributed by atoms with E-state index in [9.17, 15) is 29.4 Å². The fourth-order valence-corrected chi connectivity index (χ4v) is 3.29. The SMILES string of the molecule is CCC(O)COC(=O)c1ccc(C(=O)OCC(O)COC(=O)c2ccc3cc(C(=O)OC)ccc3c2)cc1. The number of carbonyl (C=O) groups is 4. The van der Waals surface area contributed by atoms with Crippen molar-refractivity contribution in [1.29, 1.82) is 0 Å². The Hall–Kier alpha value is -4.28. The Kier molecular flexibility index (Phi) is 9.92. The molecule has 0 aliphatic heterocycles. The third-order valence-corrected chi connectivity index (χ3v) is 5.55. The van der Waals surface area contributed by atoms with Crippen molar-refractivity contribution in [3.8, 4) is 0 Å². The van der Waals surface area contributed by atoms with Crippen LogP contribution in [0.25, 0.3) is 10.8 Å². The molecule has 3 aromatic rings. The van der Waals surface area contributed by atoms with Crippen LogP contribution in [0.4, 0.5) is 0 Å². The van der Waals surface area contributed by atoms with E-state index in [2.05, 4.69) is 0 Å². The number of esters is 4. The van der Waals surface area contributed by atoms with Crippen molar-refractivity contribution in [2.24, 2.45) is 0 Å². The number of rotatable bonds is 11. The Labute approximate surface area is 218 Å². The van der Waals surface area contributed by atoms with Crippen LogP contribution in [0.3, 0.4) is 0 Å². The Bertz CT molecular complexity index is 1300. The van der Waals surface area contributed by atoms with E-state index >= 15 is 0 Å². The van der Waals surface area contributed by atoms with Gasteiger partial charge in [0.15, 0.2) is 0 Å². The normalized spacial score (nSPS) is 12.3. The van der Waals surface area contributed by atoms with Crippen LogP contribution in [-0.4, -0.2) is 73.2 Å². The van der Waals surface area contributed by atoms with Crippen LogP contribution in [0.15, 0.2) is 60.7 Å². The van der Waals surface area contributed by atoms with Gasteiger partial charge in [0.25, 0.3) is 0 Å². The van der Waals surface area contributed by atoms with Gasteiger partial charge in [-0.15, -0.1) is 0 Å². The Balaban J connectivity index is 1.46. The van der Waals surface area contributed by atoms with E-state index in [1.54, 1.807) is 37.3 Å².